The molecule has 2 nitrogen and oxygen atoms in total. The topological polar surface area (TPSA) is 22.1 Å². The molecule has 1 rings (SSSR count). The first-order chi connectivity index (χ1) is 5.69. The summed E-state index contributed by atoms with van der Waals surface area (Å²) in [6, 6.07) is 1.77. The Balaban J connectivity index is 3.16. The average molecular weight is 206 g/mol. The molecule has 0 radical (unpaired) electrons. The van der Waals surface area contributed by atoms with E-state index in [1.54, 1.807) is 6.07 Å². The van der Waals surface area contributed by atoms with Gasteiger partial charge in [0, 0.05) is 11.6 Å². The number of hydrogen-bond donors (Lipinski definition) is 0. The van der Waals surface area contributed by atoms with Gasteiger partial charge in [0.25, 0.3) is 0 Å². The molecule has 0 spiro atoms. The lowest BCUT2D eigenvalue weighted by molar-refractivity contribution is 0.397. The Morgan fingerprint density at radius 3 is 2.75 bits per heavy atom. The van der Waals surface area contributed by atoms with Gasteiger partial charge in [-0.2, -0.15) is 0 Å². The summed E-state index contributed by atoms with van der Waals surface area (Å²) in [6.45, 7) is 1.87. The molecular weight excluding hydrogens is 197 g/mol. The minimum absolute atomic E-state index is 0.419. The lowest BCUT2D eigenvalue weighted by Gasteiger charge is -2.05. The van der Waals surface area contributed by atoms with Gasteiger partial charge in [-0.25, -0.2) is 4.98 Å². The van der Waals surface area contributed by atoms with E-state index in [-0.39, 0.29) is 0 Å². The standard InChI is InChI=1S/C8H9Cl2NO/c1-5-6(4-9)3-7(10)8(11-5)12-2/h3H,4H2,1-2H3. The van der Waals surface area contributed by atoms with Gasteiger partial charge in [-0.3, -0.25) is 0 Å². The molecular formula is C8H9Cl2NO. The Labute approximate surface area is 81.5 Å². The summed E-state index contributed by atoms with van der Waals surface area (Å²) in [4.78, 5) is 4.12. The van der Waals surface area contributed by atoms with Crippen molar-refractivity contribution in [2.75, 3.05) is 7.11 Å². The van der Waals surface area contributed by atoms with Gasteiger partial charge in [0.2, 0.25) is 5.88 Å². The highest BCUT2D eigenvalue weighted by Gasteiger charge is 2.06. The van der Waals surface area contributed by atoms with Gasteiger partial charge in [0.05, 0.1) is 7.11 Å². The summed E-state index contributed by atoms with van der Waals surface area (Å²) >= 11 is 11.5. The van der Waals surface area contributed by atoms with E-state index in [2.05, 4.69) is 4.98 Å². The normalized spacial score (nSPS) is 10.0. The molecule has 0 fully saturated rings. The summed E-state index contributed by atoms with van der Waals surface area (Å²) in [5, 5.41) is 0.499. The molecule has 0 saturated carbocycles. The van der Waals surface area contributed by atoms with Crippen LogP contribution in [0.25, 0.3) is 0 Å². The predicted molar refractivity (Wildman–Crippen MR) is 50.1 cm³/mol. The van der Waals surface area contributed by atoms with Crippen LogP contribution in [0.5, 0.6) is 5.88 Å². The van der Waals surface area contributed by atoms with Crippen molar-refractivity contribution in [2.24, 2.45) is 0 Å². The molecule has 4 heteroatoms. The lowest BCUT2D eigenvalue weighted by Crippen LogP contribution is -1.95. The molecule has 0 aromatic carbocycles. The van der Waals surface area contributed by atoms with Gasteiger partial charge in [-0.1, -0.05) is 11.6 Å². The van der Waals surface area contributed by atoms with Gasteiger partial charge in [0.1, 0.15) is 5.02 Å². The molecule has 0 amide bonds. The highest BCUT2D eigenvalue weighted by molar-refractivity contribution is 6.32. The van der Waals surface area contributed by atoms with Crippen molar-refractivity contribution in [1.29, 1.82) is 0 Å². The van der Waals surface area contributed by atoms with Crippen molar-refractivity contribution in [1.82, 2.24) is 4.98 Å². The summed E-state index contributed by atoms with van der Waals surface area (Å²) in [7, 11) is 1.54. The number of halogens is 2. The summed E-state index contributed by atoms with van der Waals surface area (Å²) < 4.78 is 4.94. The van der Waals surface area contributed by atoms with Crippen LogP contribution >= 0.6 is 23.2 Å². The van der Waals surface area contributed by atoms with Gasteiger partial charge >= 0.3 is 0 Å². The Morgan fingerprint density at radius 1 is 1.58 bits per heavy atom. The molecule has 12 heavy (non-hydrogen) atoms. The third-order valence-corrected chi connectivity index (χ3v) is 2.14. The number of aromatic nitrogens is 1. The van der Waals surface area contributed by atoms with E-state index in [1.807, 2.05) is 6.92 Å². The van der Waals surface area contributed by atoms with Crippen LogP contribution in [-0.2, 0) is 5.88 Å². The molecule has 0 saturated heterocycles. The van der Waals surface area contributed by atoms with Crippen LogP contribution in [0.3, 0.4) is 0 Å². The smallest absolute Gasteiger partial charge is 0.232 e. The fourth-order valence-electron chi connectivity index (χ4n) is 0.875. The van der Waals surface area contributed by atoms with Crippen LogP contribution in [0.1, 0.15) is 11.3 Å². The van der Waals surface area contributed by atoms with Crippen LogP contribution in [0.15, 0.2) is 6.07 Å². The zero-order valence-electron chi connectivity index (χ0n) is 6.90. The first kappa shape index (κ1) is 9.62. The van der Waals surface area contributed by atoms with Crippen LogP contribution in [0, 0.1) is 6.92 Å². The Bertz CT molecular complexity index is 259. The SMILES string of the molecule is COc1nc(C)c(CCl)cc1Cl. The molecule has 1 aromatic rings. The van der Waals surface area contributed by atoms with Crippen LogP contribution < -0.4 is 4.74 Å². The summed E-state index contributed by atoms with van der Waals surface area (Å²) in [5.41, 5.74) is 1.79. The molecule has 0 unspecified atom stereocenters. The second-order valence-electron chi connectivity index (χ2n) is 2.36. The third kappa shape index (κ3) is 1.82. The minimum Gasteiger partial charge on any atom is -0.480 e. The lowest BCUT2D eigenvalue weighted by atomic mass is 10.2. The molecule has 0 aliphatic carbocycles. The summed E-state index contributed by atoms with van der Waals surface area (Å²) in [5.74, 6) is 0.866. The molecule has 66 valence electrons. The zero-order chi connectivity index (χ0) is 9.14. The van der Waals surface area contributed by atoms with Crippen molar-refractivity contribution in [3.63, 3.8) is 0 Å². The maximum atomic E-state index is 5.83. The van der Waals surface area contributed by atoms with Gasteiger partial charge in [-0.15, -0.1) is 11.6 Å². The number of nitrogens with zero attached hydrogens (tertiary/aromatic N) is 1. The van der Waals surface area contributed by atoms with Crippen molar-refractivity contribution in [2.45, 2.75) is 12.8 Å². The van der Waals surface area contributed by atoms with Crippen molar-refractivity contribution >= 4 is 23.2 Å². The van der Waals surface area contributed by atoms with Gasteiger partial charge < -0.3 is 4.74 Å². The molecule has 0 aliphatic heterocycles. The summed E-state index contributed by atoms with van der Waals surface area (Å²) in [6.07, 6.45) is 0. The third-order valence-electron chi connectivity index (χ3n) is 1.58. The highest BCUT2D eigenvalue weighted by Crippen LogP contribution is 2.24. The van der Waals surface area contributed by atoms with E-state index in [9.17, 15) is 0 Å². The second-order valence-corrected chi connectivity index (χ2v) is 3.03. The maximum absolute atomic E-state index is 5.83. The monoisotopic (exact) mass is 205 g/mol. The first-order valence-electron chi connectivity index (χ1n) is 3.45. The van der Waals surface area contributed by atoms with Crippen LogP contribution in [0.4, 0.5) is 0 Å². The predicted octanol–water partition coefficient (Wildman–Crippen LogP) is 2.79. The number of ether oxygens (including phenoxy) is 1. The Kier molecular flexibility index (Phi) is 3.18. The van der Waals surface area contributed by atoms with Crippen molar-refractivity contribution in [3.05, 3.63) is 22.3 Å². The number of pyridine rings is 1. The molecule has 0 N–H and O–H groups in total. The number of rotatable bonds is 2. The zero-order valence-corrected chi connectivity index (χ0v) is 8.41. The Morgan fingerprint density at radius 2 is 2.25 bits per heavy atom. The fraction of sp³-hybridized carbons (Fsp3) is 0.375. The molecule has 0 aliphatic rings. The van der Waals surface area contributed by atoms with E-state index in [4.69, 9.17) is 27.9 Å². The molecule has 1 heterocycles. The fourth-order valence-corrected chi connectivity index (χ4v) is 1.40. The number of alkyl halides is 1. The van der Waals surface area contributed by atoms with Crippen LogP contribution in [-0.4, -0.2) is 12.1 Å². The van der Waals surface area contributed by atoms with Crippen LogP contribution in [0.2, 0.25) is 5.02 Å². The minimum atomic E-state index is 0.419. The number of aryl methyl sites for hydroxylation is 1. The van der Waals surface area contributed by atoms with Gasteiger partial charge in [-0.05, 0) is 18.6 Å². The molecule has 0 atom stereocenters. The van der Waals surface area contributed by atoms with E-state index < -0.39 is 0 Å². The van der Waals surface area contributed by atoms with Crippen molar-refractivity contribution < 1.29 is 4.74 Å². The van der Waals surface area contributed by atoms with E-state index in [0.29, 0.717) is 16.8 Å². The number of hydrogen-bond acceptors (Lipinski definition) is 2. The van der Waals surface area contributed by atoms with Crippen molar-refractivity contribution in [3.8, 4) is 5.88 Å². The van der Waals surface area contributed by atoms with E-state index in [1.165, 1.54) is 7.11 Å². The second kappa shape index (κ2) is 3.97. The average Bonchev–Trinajstić information content (AvgIpc) is 2.08. The highest BCUT2D eigenvalue weighted by atomic mass is 35.5. The molecule has 1 aromatic heterocycles. The van der Waals surface area contributed by atoms with E-state index in [0.717, 1.165) is 11.3 Å². The number of methoxy groups -OCH3 is 1. The Hall–Kier alpha value is -0.470. The van der Waals surface area contributed by atoms with E-state index >= 15 is 0 Å². The first-order valence-corrected chi connectivity index (χ1v) is 4.36. The quantitative estimate of drug-likeness (QED) is 0.694. The largest absolute Gasteiger partial charge is 0.480 e. The molecule has 0 bridgehead atoms. The van der Waals surface area contributed by atoms with Gasteiger partial charge in [0.15, 0.2) is 0 Å². The maximum Gasteiger partial charge on any atom is 0.232 e.